The topological polar surface area (TPSA) is 0 Å². The number of allylic oxidation sites excluding steroid dienone is 1. The van der Waals surface area contributed by atoms with Crippen molar-refractivity contribution in [3.05, 3.63) is 18.6 Å². The van der Waals surface area contributed by atoms with Crippen LogP contribution in [0.5, 0.6) is 0 Å². The molecule has 47 valence electrons. The summed E-state index contributed by atoms with van der Waals surface area (Å²) < 4.78 is 0. The van der Waals surface area contributed by atoms with E-state index in [1.807, 2.05) is 6.08 Å². The Balaban J connectivity index is 3.30. The lowest BCUT2D eigenvalue weighted by atomic mass is 9.95. The molecule has 0 aliphatic rings. The second kappa shape index (κ2) is 3.71. The summed E-state index contributed by atoms with van der Waals surface area (Å²) in [4.78, 5) is 0. The fraction of sp³-hybridized carbons (Fsp3) is 0.625. The second-order valence-corrected chi connectivity index (χ2v) is 2.50. The van der Waals surface area contributed by atoms with Gasteiger partial charge in [-0.25, -0.2) is 0 Å². The second-order valence-electron chi connectivity index (χ2n) is 2.50. The van der Waals surface area contributed by atoms with Gasteiger partial charge in [-0.1, -0.05) is 26.8 Å². The summed E-state index contributed by atoms with van der Waals surface area (Å²) in [6.07, 6.45) is 3.08. The lowest BCUT2D eigenvalue weighted by Crippen LogP contribution is -1.98. The van der Waals surface area contributed by atoms with Gasteiger partial charge < -0.3 is 0 Å². The Bertz CT molecular complexity index is 62.4. The summed E-state index contributed by atoms with van der Waals surface area (Å²) in [6, 6.07) is 0. The van der Waals surface area contributed by atoms with Crippen LogP contribution >= 0.6 is 0 Å². The standard InChI is InChI=1S/C8H15/c1-5-6-8(4)7(2)3/h5,8H,1,6H2,2-4H3. The Morgan fingerprint density at radius 3 is 2.25 bits per heavy atom. The molecule has 8 heavy (non-hydrogen) atoms. The van der Waals surface area contributed by atoms with E-state index in [0.717, 1.165) is 6.42 Å². The minimum Gasteiger partial charge on any atom is -0.103 e. The minimum absolute atomic E-state index is 0.715. The molecule has 0 aromatic rings. The lowest BCUT2D eigenvalue weighted by molar-refractivity contribution is 0.613. The van der Waals surface area contributed by atoms with Crippen LogP contribution in [0.1, 0.15) is 27.2 Å². The molecule has 0 saturated heterocycles. The fourth-order valence-corrected chi connectivity index (χ4v) is 0.486. The van der Waals surface area contributed by atoms with Crippen LogP contribution in [0, 0.1) is 11.8 Å². The van der Waals surface area contributed by atoms with Gasteiger partial charge in [0.1, 0.15) is 0 Å². The van der Waals surface area contributed by atoms with Crippen molar-refractivity contribution in [2.75, 3.05) is 0 Å². The van der Waals surface area contributed by atoms with Gasteiger partial charge in [-0.05, 0) is 18.3 Å². The summed E-state index contributed by atoms with van der Waals surface area (Å²) >= 11 is 0. The Morgan fingerprint density at radius 2 is 2.12 bits per heavy atom. The molecule has 1 atom stereocenters. The van der Waals surface area contributed by atoms with Gasteiger partial charge in [0.2, 0.25) is 0 Å². The first kappa shape index (κ1) is 7.74. The molecule has 0 rings (SSSR count). The van der Waals surface area contributed by atoms with E-state index in [1.54, 1.807) is 0 Å². The van der Waals surface area contributed by atoms with Crippen molar-refractivity contribution >= 4 is 0 Å². The molecule has 0 amide bonds. The first-order chi connectivity index (χ1) is 3.68. The zero-order valence-corrected chi connectivity index (χ0v) is 6.07. The molecule has 1 radical (unpaired) electrons. The molecule has 0 spiro atoms. The van der Waals surface area contributed by atoms with Gasteiger partial charge in [0.25, 0.3) is 0 Å². The Kier molecular flexibility index (Phi) is 3.59. The Labute approximate surface area is 52.6 Å². The van der Waals surface area contributed by atoms with Crippen molar-refractivity contribution in [3.63, 3.8) is 0 Å². The average Bonchev–Trinajstić information content (AvgIpc) is 1.67. The van der Waals surface area contributed by atoms with Gasteiger partial charge in [0.15, 0.2) is 0 Å². The predicted molar refractivity (Wildman–Crippen MR) is 38.6 cm³/mol. The molecule has 0 heteroatoms. The monoisotopic (exact) mass is 111 g/mol. The van der Waals surface area contributed by atoms with Crippen molar-refractivity contribution < 1.29 is 0 Å². The SMILES string of the molecule is C=CCC(C)[C](C)C. The molecular formula is C8H15. The quantitative estimate of drug-likeness (QED) is 0.491. The van der Waals surface area contributed by atoms with Crippen LogP contribution in [-0.4, -0.2) is 0 Å². The van der Waals surface area contributed by atoms with E-state index in [2.05, 4.69) is 27.4 Å². The van der Waals surface area contributed by atoms with Gasteiger partial charge >= 0.3 is 0 Å². The average molecular weight is 111 g/mol. The van der Waals surface area contributed by atoms with Crippen LogP contribution in [0.25, 0.3) is 0 Å². The van der Waals surface area contributed by atoms with Crippen LogP contribution < -0.4 is 0 Å². The largest absolute Gasteiger partial charge is 0.103 e. The predicted octanol–water partition coefficient (Wildman–Crippen LogP) is 2.81. The molecular weight excluding hydrogens is 96.1 g/mol. The van der Waals surface area contributed by atoms with Crippen LogP contribution in [0.3, 0.4) is 0 Å². The van der Waals surface area contributed by atoms with Crippen molar-refractivity contribution in [2.45, 2.75) is 27.2 Å². The third-order valence-corrected chi connectivity index (χ3v) is 1.51. The number of rotatable bonds is 3. The smallest absolute Gasteiger partial charge is 0.0272 e. The van der Waals surface area contributed by atoms with E-state index >= 15 is 0 Å². The van der Waals surface area contributed by atoms with Crippen LogP contribution in [-0.2, 0) is 0 Å². The highest BCUT2D eigenvalue weighted by molar-refractivity contribution is 4.87. The normalized spacial score (nSPS) is 14.0. The third-order valence-electron chi connectivity index (χ3n) is 1.51. The molecule has 0 bridgehead atoms. The molecule has 0 heterocycles. The molecule has 0 nitrogen and oxygen atoms in total. The molecule has 0 N–H and O–H groups in total. The molecule has 0 aromatic carbocycles. The highest BCUT2D eigenvalue weighted by Crippen LogP contribution is 2.15. The highest BCUT2D eigenvalue weighted by Gasteiger charge is 2.02. The molecule has 0 saturated carbocycles. The van der Waals surface area contributed by atoms with Gasteiger partial charge in [-0.3, -0.25) is 0 Å². The van der Waals surface area contributed by atoms with Crippen LogP contribution in [0.2, 0.25) is 0 Å². The summed E-state index contributed by atoms with van der Waals surface area (Å²) in [7, 11) is 0. The molecule has 0 aromatic heterocycles. The van der Waals surface area contributed by atoms with Gasteiger partial charge in [0, 0.05) is 0 Å². The third kappa shape index (κ3) is 2.84. The van der Waals surface area contributed by atoms with E-state index in [-0.39, 0.29) is 0 Å². The maximum atomic E-state index is 3.67. The first-order valence-corrected chi connectivity index (χ1v) is 3.09. The molecule has 0 aliphatic carbocycles. The van der Waals surface area contributed by atoms with E-state index in [4.69, 9.17) is 0 Å². The van der Waals surface area contributed by atoms with Crippen molar-refractivity contribution in [2.24, 2.45) is 5.92 Å². The Morgan fingerprint density at radius 1 is 1.62 bits per heavy atom. The van der Waals surface area contributed by atoms with Crippen molar-refractivity contribution in [1.29, 1.82) is 0 Å². The zero-order valence-electron chi connectivity index (χ0n) is 6.07. The van der Waals surface area contributed by atoms with Gasteiger partial charge in [-0.15, -0.1) is 6.58 Å². The maximum Gasteiger partial charge on any atom is -0.0272 e. The first-order valence-electron chi connectivity index (χ1n) is 3.09. The van der Waals surface area contributed by atoms with Crippen molar-refractivity contribution in [1.82, 2.24) is 0 Å². The lowest BCUT2D eigenvalue weighted by Gasteiger charge is -2.10. The van der Waals surface area contributed by atoms with Crippen LogP contribution in [0.4, 0.5) is 0 Å². The van der Waals surface area contributed by atoms with Crippen LogP contribution in [0.15, 0.2) is 12.7 Å². The van der Waals surface area contributed by atoms with E-state index in [0.29, 0.717) is 5.92 Å². The number of hydrogen-bond donors (Lipinski definition) is 0. The molecule has 0 aliphatic heterocycles. The Hall–Kier alpha value is -0.260. The summed E-state index contributed by atoms with van der Waals surface area (Å²) in [5.41, 5.74) is 0. The number of hydrogen-bond acceptors (Lipinski definition) is 0. The van der Waals surface area contributed by atoms with Crippen molar-refractivity contribution in [3.8, 4) is 0 Å². The summed E-state index contributed by atoms with van der Waals surface area (Å²) in [5.74, 6) is 2.21. The highest BCUT2D eigenvalue weighted by atomic mass is 14.1. The maximum absolute atomic E-state index is 3.67. The van der Waals surface area contributed by atoms with E-state index in [9.17, 15) is 0 Å². The van der Waals surface area contributed by atoms with E-state index < -0.39 is 0 Å². The van der Waals surface area contributed by atoms with E-state index in [1.165, 1.54) is 5.92 Å². The summed E-state index contributed by atoms with van der Waals surface area (Å²) in [6.45, 7) is 10.2. The fourth-order valence-electron chi connectivity index (χ4n) is 0.486. The molecule has 0 fully saturated rings. The zero-order chi connectivity index (χ0) is 6.57. The molecule has 1 unspecified atom stereocenters. The minimum atomic E-state index is 0.715. The van der Waals surface area contributed by atoms with Gasteiger partial charge in [-0.2, -0.15) is 0 Å². The summed E-state index contributed by atoms with van der Waals surface area (Å²) in [5, 5.41) is 0. The van der Waals surface area contributed by atoms with Gasteiger partial charge in [0.05, 0.1) is 0 Å².